The Morgan fingerprint density at radius 3 is 1.10 bits per heavy atom. The second kappa shape index (κ2) is 62.1. The molecule has 0 aliphatic carbocycles. The van der Waals surface area contributed by atoms with Gasteiger partial charge in [0.25, 0.3) is 0 Å². The molecule has 0 aromatic heterocycles. The number of ether oxygens (including phenoxy) is 1. The van der Waals surface area contributed by atoms with Gasteiger partial charge in [-0.3, -0.25) is 9.59 Å². The van der Waals surface area contributed by atoms with Crippen LogP contribution in [-0.4, -0.2) is 47.4 Å². The first-order valence-corrected chi connectivity index (χ1v) is 32.1. The molecule has 0 heterocycles. The maximum atomic E-state index is 12.5. The molecule has 2 atom stereocenters. The summed E-state index contributed by atoms with van der Waals surface area (Å²) in [5.41, 5.74) is 0. The molecule has 0 aromatic carbocycles. The summed E-state index contributed by atoms with van der Waals surface area (Å²) in [6.45, 7) is 4.83. The predicted octanol–water partition coefficient (Wildman–Crippen LogP) is 20.3. The predicted molar refractivity (Wildman–Crippen MR) is 319 cm³/mol. The number of esters is 1. The van der Waals surface area contributed by atoms with Gasteiger partial charge in [-0.1, -0.05) is 293 Å². The first-order chi connectivity index (χ1) is 36.0. The molecule has 0 bridgehead atoms. The molecule has 426 valence electrons. The largest absolute Gasteiger partial charge is 0.466 e. The highest BCUT2D eigenvalue weighted by molar-refractivity contribution is 5.76. The smallest absolute Gasteiger partial charge is 0.305 e. The van der Waals surface area contributed by atoms with Gasteiger partial charge < -0.3 is 20.3 Å². The van der Waals surface area contributed by atoms with Crippen LogP contribution in [0, 0.1) is 0 Å². The van der Waals surface area contributed by atoms with Crippen LogP contribution in [0.4, 0.5) is 0 Å². The number of allylic oxidation sites excluding steroid dienone is 9. The molecule has 73 heavy (non-hydrogen) atoms. The molecule has 0 fully saturated rings. The quantitative estimate of drug-likeness (QED) is 0.0320. The summed E-state index contributed by atoms with van der Waals surface area (Å²) < 4.78 is 5.48. The Morgan fingerprint density at radius 1 is 0.384 bits per heavy atom. The van der Waals surface area contributed by atoms with Crippen molar-refractivity contribution in [3.8, 4) is 0 Å². The lowest BCUT2D eigenvalue weighted by Crippen LogP contribution is -2.45. The molecule has 2 unspecified atom stereocenters. The minimum atomic E-state index is -0.882. The number of hydrogen-bond donors (Lipinski definition) is 3. The van der Waals surface area contributed by atoms with Crippen molar-refractivity contribution in [2.24, 2.45) is 0 Å². The maximum absolute atomic E-state index is 12.5. The van der Waals surface area contributed by atoms with Crippen molar-refractivity contribution in [1.29, 1.82) is 0 Å². The molecule has 0 aromatic rings. The van der Waals surface area contributed by atoms with Gasteiger partial charge in [0.2, 0.25) is 5.91 Å². The molecular weight excluding hydrogens is 899 g/mol. The minimum Gasteiger partial charge on any atom is -0.466 e. The molecule has 0 radical (unpaired) electrons. The Labute approximate surface area is 454 Å². The lowest BCUT2D eigenvalue weighted by Gasteiger charge is -2.19. The van der Waals surface area contributed by atoms with Crippen molar-refractivity contribution >= 4 is 11.9 Å². The van der Waals surface area contributed by atoms with E-state index in [9.17, 15) is 19.8 Å². The van der Waals surface area contributed by atoms with Gasteiger partial charge in [0, 0.05) is 12.8 Å². The van der Waals surface area contributed by atoms with E-state index in [1.807, 2.05) is 12.2 Å². The van der Waals surface area contributed by atoms with Crippen LogP contribution in [0.3, 0.4) is 0 Å². The fourth-order valence-electron chi connectivity index (χ4n) is 9.60. The van der Waals surface area contributed by atoms with Crippen molar-refractivity contribution < 1.29 is 24.5 Å². The first-order valence-electron chi connectivity index (χ1n) is 32.1. The Kier molecular flexibility index (Phi) is 60.0. The summed E-state index contributed by atoms with van der Waals surface area (Å²) in [5, 5.41) is 23.1. The highest BCUT2D eigenvalue weighted by Crippen LogP contribution is 2.17. The molecule has 6 heteroatoms. The standard InChI is InChI=1S/C67H123NO5/c1-3-5-7-9-11-13-15-17-19-21-23-24-25-26-27-29-30-32-35-39-43-47-51-55-59-65(70)64(63-69)68-66(71)60-56-52-48-44-40-36-34-38-42-46-50-54-58-62-73-67(72)61-57-53-49-45-41-37-33-31-28-22-20-18-16-14-12-10-8-6-4-2/h12,14,18,20,36,40,48,52,55,59,64-65,69-70H,3-11,13,15-17,19,21-35,37-39,41-47,49-51,53-54,56-58,60-63H2,1-2H3,(H,68,71)/b14-12-,20-18-,40-36-,52-48-,59-55+. The second-order valence-corrected chi connectivity index (χ2v) is 21.7. The molecular formula is C67H123NO5. The van der Waals surface area contributed by atoms with Crippen LogP contribution in [0.15, 0.2) is 60.8 Å². The SMILES string of the molecule is CCCCC/C=C\C/C=C\CCCCCCCCCCCC(=O)OCCCCCCCC/C=C\C/C=C\CCC(=O)NC(CO)C(O)/C=C/CCCCCCCCCCCCCCCCCCCCCCCC. The highest BCUT2D eigenvalue weighted by Gasteiger charge is 2.17. The van der Waals surface area contributed by atoms with E-state index in [1.54, 1.807) is 6.08 Å². The number of unbranched alkanes of at least 4 members (excludes halogenated alkanes) is 40. The Hall–Kier alpha value is -2.44. The van der Waals surface area contributed by atoms with E-state index in [-0.39, 0.29) is 18.5 Å². The van der Waals surface area contributed by atoms with Gasteiger partial charge in [0.15, 0.2) is 0 Å². The van der Waals surface area contributed by atoms with Gasteiger partial charge in [0.05, 0.1) is 25.4 Å². The Balaban J connectivity index is 3.55. The molecule has 3 N–H and O–H groups in total. The van der Waals surface area contributed by atoms with Crippen molar-refractivity contribution in [3.63, 3.8) is 0 Å². The number of aliphatic hydroxyl groups excluding tert-OH is 2. The van der Waals surface area contributed by atoms with E-state index in [0.717, 1.165) is 57.8 Å². The zero-order chi connectivity index (χ0) is 52.9. The lowest BCUT2D eigenvalue weighted by atomic mass is 10.0. The third-order valence-corrected chi connectivity index (χ3v) is 14.5. The van der Waals surface area contributed by atoms with Crippen molar-refractivity contribution in [1.82, 2.24) is 5.32 Å². The molecule has 0 rings (SSSR count). The van der Waals surface area contributed by atoms with Crippen LogP contribution in [0.1, 0.15) is 328 Å². The summed E-state index contributed by atoms with van der Waals surface area (Å²) in [6.07, 6.45) is 81.3. The molecule has 0 spiro atoms. The second-order valence-electron chi connectivity index (χ2n) is 21.7. The molecule has 0 saturated heterocycles. The van der Waals surface area contributed by atoms with Crippen LogP contribution in [-0.2, 0) is 14.3 Å². The van der Waals surface area contributed by atoms with E-state index >= 15 is 0 Å². The average Bonchev–Trinajstić information content (AvgIpc) is 3.39. The van der Waals surface area contributed by atoms with Crippen LogP contribution in [0.2, 0.25) is 0 Å². The fraction of sp³-hybridized carbons (Fsp3) is 0.821. The van der Waals surface area contributed by atoms with Gasteiger partial charge >= 0.3 is 5.97 Å². The third kappa shape index (κ3) is 58.7. The lowest BCUT2D eigenvalue weighted by molar-refractivity contribution is -0.143. The number of aliphatic hydroxyl groups is 2. The van der Waals surface area contributed by atoms with Gasteiger partial charge in [0.1, 0.15) is 0 Å². The fourth-order valence-corrected chi connectivity index (χ4v) is 9.60. The summed E-state index contributed by atoms with van der Waals surface area (Å²) in [6, 6.07) is -0.675. The summed E-state index contributed by atoms with van der Waals surface area (Å²) in [4.78, 5) is 24.6. The highest BCUT2D eigenvalue weighted by atomic mass is 16.5. The van der Waals surface area contributed by atoms with Gasteiger partial charge in [-0.15, -0.1) is 0 Å². The van der Waals surface area contributed by atoms with Crippen molar-refractivity contribution in [2.45, 2.75) is 341 Å². The van der Waals surface area contributed by atoms with Crippen molar-refractivity contribution in [2.75, 3.05) is 13.2 Å². The number of hydrogen-bond acceptors (Lipinski definition) is 5. The normalized spacial score (nSPS) is 13.0. The Morgan fingerprint density at radius 2 is 0.699 bits per heavy atom. The van der Waals surface area contributed by atoms with Crippen LogP contribution in [0.25, 0.3) is 0 Å². The maximum Gasteiger partial charge on any atom is 0.305 e. The van der Waals surface area contributed by atoms with E-state index < -0.39 is 12.1 Å². The topological polar surface area (TPSA) is 95.9 Å². The molecule has 0 aliphatic rings. The van der Waals surface area contributed by atoms with E-state index in [1.165, 1.54) is 238 Å². The van der Waals surface area contributed by atoms with Crippen LogP contribution in [0.5, 0.6) is 0 Å². The van der Waals surface area contributed by atoms with E-state index in [4.69, 9.17) is 4.74 Å². The van der Waals surface area contributed by atoms with Gasteiger partial charge in [-0.25, -0.2) is 0 Å². The van der Waals surface area contributed by atoms with Gasteiger partial charge in [-0.05, 0) is 83.5 Å². The summed E-state index contributed by atoms with van der Waals surface area (Å²) >= 11 is 0. The number of amides is 1. The zero-order valence-electron chi connectivity index (χ0n) is 48.6. The van der Waals surface area contributed by atoms with Crippen LogP contribution < -0.4 is 5.32 Å². The molecule has 0 saturated carbocycles. The Bertz CT molecular complexity index is 1270. The van der Waals surface area contributed by atoms with Gasteiger partial charge in [-0.2, -0.15) is 0 Å². The summed E-state index contributed by atoms with van der Waals surface area (Å²) in [5.74, 6) is -0.169. The van der Waals surface area contributed by atoms with E-state index in [0.29, 0.717) is 25.9 Å². The number of carbonyl (C=O) groups excluding carboxylic acids is 2. The average molecular weight is 1020 g/mol. The van der Waals surface area contributed by atoms with Crippen LogP contribution >= 0.6 is 0 Å². The first kappa shape index (κ1) is 70.6. The monoisotopic (exact) mass is 1020 g/mol. The van der Waals surface area contributed by atoms with Crippen molar-refractivity contribution in [3.05, 3.63) is 60.8 Å². The third-order valence-electron chi connectivity index (χ3n) is 14.5. The molecule has 1 amide bonds. The van der Waals surface area contributed by atoms with E-state index in [2.05, 4.69) is 61.7 Å². The zero-order valence-corrected chi connectivity index (χ0v) is 48.6. The number of rotatable bonds is 59. The summed E-state index contributed by atoms with van der Waals surface area (Å²) in [7, 11) is 0. The minimum absolute atomic E-state index is 0.0222. The number of carbonyl (C=O) groups is 2. The molecule has 0 aliphatic heterocycles. The number of nitrogens with one attached hydrogen (secondary N) is 1. The molecule has 6 nitrogen and oxygen atoms in total.